The second-order valence-corrected chi connectivity index (χ2v) is 9.28. The zero-order valence-corrected chi connectivity index (χ0v) is 20.4. The van der Waals surface area contributed by atoms with Crippen LogP contribution in [-0.2, 0) is 25.5 Å². The van der Waals surface area contributed by atoms with Gasteiger partial charge in [-0.05, 0) is 36.6 Å². The lowest BCUT2D eigenvalue weighted by molar-refractivity contribution is -0.134. The second kappa shape index (κ2) is 12.6. The summed E-state index contributed by atoms with van der Waals surface area (Å²) in [6, 6.07) is 13.7. The summed E-state index contributed by atoms with van der Waals surface area (Å²) in [5, 5.41) is 5.44. The van der Waals surface area contributed by atoms with E-state index >= 15 is 0 Å². The van der Waals surface area contributed by atoms with Crippen LogP contribution in [0.25, 0.3) is 0 Å². The number of hydrogen-bond acceptors (Lipinski definition) is 5. The smallest absolute Gasteiger partial charge is 0.229 e. The van der Waals surface area contributed by atoms with Crippen molar-refractivity contribution in [1.29, 1.82) is 0 Å². The van der Waals surface area contributed by atoms with Crippen molar-refractivity contribution < 1.29 is 23.5 Å². The number of carbonyl (C=O) groups is 3. The van der Waals surface area contributed by atoms with E-state index in [1.54, 1.807) is 4.90 Å². The van der Waals surface area contributed by atoms with Gasteiger partial charge in [0, 0.05) is 44.8 Å². The van der Waals surface area contributed by atoms with Crippen LogP contribution in [0.1, 0.15) is 24.8 Å². The average molecular weight is 497 g/mol. The van der Waals surface area contributed by atoms with Gasteiger partial charge in [-0.2, -0.15) is 0 Å². The van der Waals surface area contributed by atoms with E-state index in [1.807, 2.05) is 30.3 Å². The molecule has 2 heterocycles. The van der Waals surface area contributed by atoms with Gasteiger partial charge in [-0.1, -0.05) is 30.3 Å². The van der Waals surface area contributed by atoms with E-state index in [0.29, 0.717) is 51.4 Å². The number of hydrogen-bond donors (Lipinski definition) is 2. The highest BCUT2D eigenvalue weighted by Crippen LogP contribution is 2.23. The van der Waals surface area contributed by atoms with Crippen LogP contribution < -0.4 is 10.6 Å². The highest BCUT2D eigenvalue weighted by Gasteiger charge is 2.28. The minimum absolute atomic E-state index is 0.00237. The van der Waals surface area contributed by atoms with E-state index in [1.165, 1.54) is 18.2 Å². The summed E-state index contributed by atoms with van der Waals surface area (Å²) >= 11 is 0. The van der Waals surface area contributed by atoms with Crippen molar-refractivity contribution in [2.45, 2.75) is 25.7 Å². The molecule has 8 nitrogen and oxygen atoms in total. The minimum atomic E-state index is -0.567. The number of rotatable bonds is 8. The van der Waals surface area contributed by atoms with Gasteiger partial charge >= 0.3 is 0 Å². The van der Waals surface area contributed by atoms with E-state index in [9.17, 15) is 18.8 Å². The molecule has 2 aliphatic heterocycles. The lowest BCUT2D eigenvalue weighted by Crippen LogP contribution is -2.44. The Hall–Kier alpha value is -3.30. The molecule has 2 saturated heterocycles. The quantitative estimate of drug-likeness (QED) is 0.587. The van der Waals surface area contributed by atoms with E-state index in [0.717, 1.165) is 25.1 Å². The average Bonchev–Trinajstić information content (AvgIpc) is 2.90. The summed E-state index contributed by atoms with van der Waals surface area (Å²) in [5.74, 6) is -1.42. The van der Waals surface area contributed by atoms with Crippen molar-refractivity contribution in [3.05, 3.63) is 59.9 Å². The Morgan fingerprint density at radius 3 is 2.56 bits per heavy atom. The number of anilines is 2. The van der Waals surface area contributed by atoms with Crippen LogP contribution in [0.15, 0.2) is 48.5 Å². The first-order valence-corrected chi connectivity index (χ1v) is 12.5. The van der Waals surface area contributed by atoms with Gasteiger partial charge < -0.3 is 20.3 Å². The van der Waals surface area contributed by atoms with Gasteiger partial charge in [0.05, 0.1) is 31.2 Å². The molecule has 4 rings (SSSR count). The maximum Gasteiger partial charge on any atom is 0.229 e. The third kappa shape index (κ3) is 7.35. The standard InChI is InChI=1S/C27H33FN4O4/c28-23-9-8-22(18-24(23)30-25(33)10-12-31-13-15-36-16-14-31)29-27(35)21-7-4-11-32(19-21)26(34)17-20-5-2-1-3-6-20/h1-3,5-6,8-9,18,21H,4,7,10-17,19H2,(H,29,35)(H,30,33). The molecule has 3 amide bonds. The van der Waals surface area contributed by atoms with E-state index in [4.69, 9.17) is 4.74 Å². The Morgan fingerprint density at radius 2 is 1.78 bits per heavy atom. The van der Waals surface area contributed by atoms with Crippen LogP contribution >= 0.6 is 0 Å². The predicted molar refractivity (Wildman–Crippen MR) is 135 cm³/mol. The summed E-state index contributed by atoms with van der Waals surface area (Å²) in [6.07, 6.45) is 1.96. The third-order valence-corrected chi connectivity index (χ3v) is 6.61. The van der Waals surface area contributed by atoms with Crippen molar-refractivity contribution in [1.82, 2.24) is 9.80 Å². The lowest BCUT2D eigenvalue weighted by Gasteiger charge is -2.32. The van der Waals surface area contributed by atoms with E-state index in [-0.39, 0.29) is 35.7 Å². The molecule has 0 aliphatic carbocycles. The molecule has 0 radical (unpaired) electrons. The van der Waals surface area contributed by atoms with Crippen molar-refractivity contribution in [3.8, 4) is 0 Å². The first-order valence-electron chi connectivity index (χ1n) is 12.5. The van der Waals surface area contributed by atoms with Crippen LogP contribution in [-0.4, -0.2) is 73.5 Å². The van der Waals surface area contributed by atoms with E-state index in [2.05, 4.69) is 15.5 Å². The summed E-state index contributed by atoms with van der Waals surface area (Å²) in [4.78, 5) is 41.9. The molecule has 0 saturated carbocycles. The fraction of sp³-hybridized carbons (Fsp3) is 0.444. The van der Waals surface area contributed by atoms with Crippen LogP contribution in [0.4, 0.5) is 15.8 Å². The van der Waals surface area contributed by atoms with Gasteiger partial charge in [-0.15, -0.1) is 0 Å². The van der Waals surface area contributed by atoms with Gasteiger partial charge in [-0.25, -0.2) is 4.39 Å². The van der Waals surface area contributed by atoms with Gasteiger partial charge in [0.2, 0.25) is 17.7 Å². The Kier molecular flexibility index (Phi) is 9.02. The zero-order chi connectivity index (χ0) is 25.3. The highest BCUT2D eigenvalue weighted by atomic mass is 19.1. The molecule has 192 valence electrons. The Labute approximate surface area is 210 Å². The monoisotopic (exact) mass is 496 g/mol. The van der Waals surface area contributed by atoms with Gasteiger partial charge in [0.1, 0.15) is 5.82 Å². The van der Waals surface area contributed by atoms with Gasteiger partial charge in [0.15, 0.2) is 0 Å². The SMILES string of the molecule is O=C(CCN1CCOCC1)Nc1cc(NC(=O)C2CCCN(C(=O)Cc3ccccc3)C2)ccc1F. The molecule has 2 aromatic rings. The van der Waals surface area contributed by atoms with Crippen molar-refractivity contribution in [2.24, 2.45) is 5.92 Å². The predicted octanol–water partition coefficient (Wildman–Crippen LogP) is 2.91. The molecule has 1 atom stereocenters. The zero-order valence-electron chi connectivity index (χ0n) is 20.4. The third-order valence-electron chi connectivity index (χ3n) is 6.61. The van der Waals surface area contributed by atoms with Crippen LogP contribution in [0.5, 0.6) is 0 Å². The molecule has 0 spiro atoms. The van der Waals surface area contributed by atoms with Gasteiger partial charge in [-0.3, -0.25) is 19.3 Å². The van der Waals surface area contributed by atoms with E-state index < -0.39 is 5.82 Å². The van der Waals surface area contributed by atoms with Crippen molar-refractivity contribution in [2.75, 3.05) is 56.6 Å². The molecule has 2 aromatic carbocycles. The fourth-order valence-corrected chi connectivity index (χ4v) is 4.54. The Balaban J connectivity index is 1.29. The summed E-state index contributed by atoms with van der Waals surface area (Å²) in [6.45, 7) is 4.42. The molecule has 0 bridgehead atoms. The number of piperidine rings is 1. The fourth-order valence-electron chi connectivity index (χ4n) is 4.54. The number of nitrogens with one attached hydrogen (secondary N) is 2. The van der Waals surface area contributed by atoms with Crippen molar-refractivity contribution in [3.63, 3.8) is 0 Å². The van der Waals surface area contributed by atoms with Crippen molar-refractivity contribution >= 4 is 29.1 Å². The number of benzene rings is 2. The molecular formula is C27H33FN4O4. The number of amides is 3. The largest absolute Gasteiger partial charge is 0.379 e. The maximum atomic E-state index is 14.3. The first-order chi connectivity index (χ1) is 17.5. The number of halogens is 1. The second-order valence-electron chi connectivity index (χ2n) is 9.28. The Morgan fingerprint density at radius 1 is 1.00 bits per heavy atom. The summed E-state index contributed by atoms with van der Waals surface area (Å²) < 4.78 is 19.6. The number of likely N-dealkylation sites (tertiary alicyclic amines) is 1. The number of morpholine rings is 1. The number of ether oxygens (including phenoxy) is 1. The van der Waals surface area contributed by atoms with Crippen LogP contribution in [0, 0.1) is 11.7 Å². The summed E-state index contributed by atoms with van der Waals surface area (Å²) in [7, 11) is 0. The molecule has 36 heavy (non-hydrogen) atoms. The molecule has 2 fully saturated rings. The number of nitrogens with zero attached hydrogens (tertiary/aromatic N) is 2. The molecule has 2 aliphatic rings. The molecule has 0 aromatic heterocycles. The van der Waals surface area contributed by atoms with Crippen LogP contribution in [0.2, 0.25) is 0 Å². The highest BCUT2D eigenvalue weighted by molar-refractivity contribution is 5.95. The number of carbonyl (C=O) groups excluding carboxylic acids is 3. The molecular weight excluding hydrogens is 463 g/mol. The lowest BCUT2D eigenvalue weighted by atomic mass is 9.96. The normalized spacial score (nSPS) is 18.5. The molecule has 1 unspecified atom stereocenters. The Bertz CT molecular complexity index is 1060. The summed E-state index contributed by atoms with van der Waals surface area (Å²) in [5.41, 5.74) is 1.38. The van der Waals surface area contributed by atoms with Gasteiger partial charge in [0.25, 0.3) is 0 Å². The minimum Gasteiger partial charge on any atom is -0.379 e. The molecule has 2 N–H and O–H groups in total. The first kappa shape index (κ1) is 25.8. The topological polar surface area (TPSA) is 91.0 Å². The molecule has 9 heteroatoms. The maximum absolute atomic E-state index is 14.3. The van der Waals surface area contributed by atoms with Crippen LogP contribution in [0.3, 0.4) is 0 Å².